The Morgan fingerprint density at radius 2 is 2.18 bits per heavy atom. The molecule has 2 unspecified atom stereocenters. The van der Waals surface area contributed by atoms with Crippen molar-refractivity contribution in [2.24, 2.45) is 0 Å². The van der Waals surface area contributed by atoms with E-state index in [2.05, 4.69) is 5.32 Å². The summed E-state index contributed by atoms with van der Waals surface area (Å²) in [7, 11) is 0. The zero-order valence-electron chi connectivity index (χ0n) is 9.85. The molecule has 0 radical (unpaired) electrons. The number of hydrogen-bond acceptors (Lipinski definition) is 3. The maximum atomic E-state index is 11.8. The molecule has 92 valence electrons. The van der Waals surface area contributed by atoms with E-state index in [4.69, 9.17) is 9.84 Å². The predicted molar refractivity (Wildman–Crippen MR) is 63.5 cm³/mol. The van der Waals surface area contributed by atoms with E-state index in [1.165, 1.54) is 0 Å². The van der Waals surface area contributed by atoms with E-state index in [-0.39, 0.29) is 12.5 Å². The summed E-state index contributed by atoms with van der Waals surface area (Å²) in [5.74, 6) is -0.156. The molecule has 1 heterocycles. The minimum Gasteiger partial charge on any atom is -0.394 e. The SMILES string of the molecule is CC1(CO)COC(Cc2ccccc2)C(=O)N1. The van der Waals surface area contributed by atoms with Crippen LogP contribution in [0.15, 0.2) is 30.3 Å². The van der Waals surface area contributed by atoms with Crippen molar-refractivity contribution in [2.75, 3.05) is 13.2 Å². The Bertz CT molecular complexity index is 393. The highest BCUT2D eigenvalue weighted by Crippen LogP contribution is 2.15. The Labute approximate surface area is 101 Å². The van der Waals surface area contributed by atoms with Crippen LogP contribution in [-0.2, 0) is 16.0 Å². The van der Waals surface area contributed by atoms with Crippen LogP contribution in [0.2, 0.25) is 0 Å². The van der Waals surface area contributed by atoms with Crippen LogP contribution >= 0.6 is 0 Å². The molecule has 2 rings (SSSR count). The lowest BCUT2D eigenvalue weighted by Crippen LogP contribution is -2.61. The van der Waals surface area contributed by atoms with E-state index in [0.717, 1.165) is 5.56 Å². The Morgan fingerprint density at radius 3 is 2.76 bits per heavy atom. The van der Waals surface area contributed by atoms with Gasteiger partial charge in [0.1, 0.15) is 6.10 Å². The van der Waals surface area contributed by atoms with E-state index in [1.54, 1.807) is 6.92 Å². The lowest BCUT2D eigenvalue weighted by atomic mass is 10.00. The van der Waals surface area contributed by atoms with Gasteiger partial charge in [0.25, 0.3) is 0 Å². The number of carbonyl (C=O) groups is 1. The van der Waals surface area contributed by atoms with Crippen LogP contribution in [0.25, 0.3) is 0 Å². The van der Waals surface area contributed by atoms with Crippen LogP contribution in [0.1, 0.15) is 12.5 Å². The summed E-state index contributed by atoms with van der Waals surface area (Å²) in [5.41, 5.74) is 0.421. The molecular formula is C13H17NO3. The normalized spacial score (nSPS) is 28.8. The number of carbonyl (C=O) groups excluding carboxylic acids is 1. The standard InChI is InChI=1S/C13H17NO3/c1-13(8-15)9-17-11(12(16)14-13)7-10-5-3-2-4-6-10/h2-6,11,15H,7-9H2,1H3,(H,14,16). The zero-order valence-corrected chi connectivity index (χ0v) is 9.85. The molecule has 0 bridgehead atoms. The highest BCUT2D eigenvalue weighted by atomic mass is 16.5. The Morgan fingerprint density at radius 1 is 1.47 bits per heavy atom. The van der Waals surface area contributed by atoms with Gasteiger partial charge < -0.3 is 15.2 Å². The van der Waals surface area contributed by atoms with Crippen molar-refractivity contribution >= 4 is 5.91 Å². The fourth-order valence-corrected chi connectivity index (χ4v) is 1.84. The van der Waals surface area contributed by atoms with Gasteiger partial charge in [0, 0.05) is 6.42 Å². The van der Waals surface area contributed by atoms with Gasteiger partial charge in [-0.2, -0.15) is 0 Å². The minimum absolute atomic E-state index is 0.114. The molecule has 1 fully saturated rings. The van der Waals surface area contributed by atoms with E-state index < -0.39 is 11.6 Å². The van der Waals surface area contributed by atoms with Gasteiger partial charge in [-0.1, -0.05) is 30.3 Å². The number of hydrogen-bond donors (Lipinski definition) is 2. The summed E-state index contributed by atoms with van der Waals surface area (Å²) >= 11 is 0. The second-order valence-corrected chi connectivity index (χ2v) is 4.70. The van der Waals surface area contributed by atoms with Gasteiger partial charge in [0.05, 0.1) is 18.8 Å². The molecule has 2 atom stereocenters. The van der Waals surface area contributed by atoms with Crippen LogP contribution in [0, 0.1) is 0 Å². The average molecular weight is 235 g/mol. The molecule has 1 aliphatic heterocycles. The number of benzene rings is 1. The molecule has 1 aromatic rings. The molecule has 17 heavy (non-hydrogen) atoms. The Kier molecular flexibility index (Phi) is 3.45. The molecule has 1 amide bonds. The maximum absolute atomic E-state index is 11.8. The van der Waals surface area contributed by atoms with Crippen LogP contribution < -0.4 is 5.32 Å². The average Bonchev–Trinajstić information content (AvgIpc) is 2.34. The fraction of sp³-hybridized carbons (Fsp3) is 0.462. The predicted octanol–water partition coefficient (Wildman–Crippen LogP) is 0.495. The van der Waals surface area contributed by atoms with Gasteiger partial charge in [-0.05, 0) is 12.5 Å². The van der Waals surface area contributed by atoms with Crippen molar-refractivity contribution in [3.63, 3.8) is 0 Å². The first kappa shape index (κ1) is 12.1. The minimum atomic E-state index is -0.649. The molecule has 0 aromatic heterocycles. The number of aliphatic hydroxyl groups is 1. The summed E-state index contributed by atoms with van der Waals surface area (Å²) in [4.78, 5) is 11.8. The third kappa shape index (κ3) is 2.84. The fourth-order valence-electron chi connectivity index (χ4n) is 1.84. The van der Waals surface area contributed by atoms with E-state index in [1.807, 2.05) is 30.3 Å². The largest absolute Gasteiger partial charge is 0.394 e. The van der Waals surface area contributed by atoms with Gasteiger partial charge in [-0.15, -0.1) is 0 Å². The van der Waals surface area contributed by atoms with Gasteiger partial charge >= 0.3 is 0 Å². The topological polar surface area (TPSA) is 58.6 Å². The molecule has 0 saturated carbocycles. The molecule has 1 aliphatic rings. The summed E-state index contributed by atoms with van der Waals surface area (Å²) in [5, 5.41) is 11.9. The van der Waals surface area contributed by atoms with Crippen molar-refractivity contribution < 1.29 is 14.6 Å². The molecule has 0 spiro atoms. The smallest absolute Gasteiger partial charge is 0.250 e. The van der Waals surface area contributed by atoms with Crippen molar-refractivity contribution in [3.05, 3.63) is 35.9 Å². The quantitative estimate of drug-likeness (QED) is 0.802. The molecule has 2 N–H and O–H groups in total. The van der Waals surface area contributed by atoms with Gasteiger partial charge in [0.2, 0.25) is 5.91 Å². The van der Waals surface area contributed by atoms with Crippen molar-refractivity contribution in [3.8, 4) is 0 Å². The number of aliphatic hydroxyl groups excluding tert-OH is 1. The lowest BCUT2D eigenvalue weighted by molar-refractivity contribution is -0.146. The third-order valence-corrected chi connectivity index (χ3v) is 2.93. The molecule has 1 saturated heterocycles. The van der Waals surface area contributed by atoms with Crippen LogP contribution in [-0.4, -0.2) is 35.9 Å². The number of rotatable bonds is 3. The van der Waals surface area contributed by atoms with Gasteiger partial charge in [-0.3, -0.25) is 4.79 Å². The number of nitrogens with one attached hydrogen (secondary N) is 1. The maximum Gasteiger partial charge on any atom is 0.250 e. The Balaban J connectivity index is 1.99. The first-order chi connectivity index (χ1) is 8.13. The number of morpholine rings is 1. The number of amides is 1. The number of ether oxygens (including phenoxy) is 1. The van der Waals surface area contributed by atoms with Crippen molar-refractivity contribution in [2.45, 2.75) is 25.0 Å². The van der Waals surface area contributed by atoms with Crippen LogP contribution in [0.5, 0.6) is 0 Å². The highest BCUT2D eigenvalue weighted by Gasteiger charge is 2.36. The van der Waals surface area contributed by atoms with E-state index in [0.29, 0.717) is 13.0 Å². The molecule has 1 aromatic carbocycles. The first-order valence-corrected chi connectivity index (χ1v) is 5.71. The van der Waals surface area contributed by atoms with E-state index in [9.17, 15) is 4.79 Å². The molecule has 4 heteroatoms. The molecule has 0 aliphatic carbocycles. The van der Waals surface area contributed by atoms with Gasteiger partial charge in [-0.25, -0.2) is 0 Å². The summed E-state index contributed by atoms with van der Waals surface area (Å²) < 4.78 is 5.53. The highest BCUT2D eigenvalue weighted by molar-refractivity contribution is 5.82. The monoisotopic (exact) mass is 235 g/mol. The second-order valence-electron chi connectivity index (χ2n) is 4.70. The van der Waals surface area contributed by atoms with Crippen LogP contribution in [0.3, 0.4) is 0 Å². The summed E-state index contributed by atoms with van der Waals surface area (Å²) in [6.45, 7) is 1.99. The lowest BCUT2D eigenvalue weighted by Gasteiger charge is -2.36. The summed E-state index contributed by atoms with van der Waals surface area (Å²) in [6, 6.07) is 9.75. The second kappa shape index (κ2) is 4.85. The van der Waals surface area contributed by atoms with Crippen LogP contribution in [0.4, 0.5) is 0 Å². The van der Waals surface area contributed by atoms with Crippen molar-refractivity contribution in [1.82, 2.24) is 5.32 Å². The zero-order chi connectivity index (χ0) is 12.3. The molecular weight excluding hydrogens is 218 g/mol. The Hall–Kier alpha value is -1.39. The van der Waals surface area contributed by atoms with Crippen molar-refractivity contribution in [1.29, 1.82) is 0 Å². The van der Waals surface area contributed by atoms with E-state index >= 15 is 0 Å². The molecule has 4 nitrogen and oxygen atoms in total. The third-order valence-electron chi connectivity index (χ3n) is 2.93. The first-order valence-electron chi connectivity index (χ1n) is 5.71. The van der Waals surface area contributed by atoms with Gasteiger partial charge in [0.15, 0.2) is 0 Å². The summed E-state index contributed by atoms with van der Waals surface area (Å²) in [6.07, 6.45) is 0.103.